The number of anilines is 1. The topological polar surface area (TPSA) is 112 Å². The van der Waals surface area contributed by atoms with E-state index in [1.54, 1.807) is 29.2 Å². The summed E-state index contributed by atoms with van der Waals surface area (Å²) in [6.45, 7) is 1.28. The largest absolute Gasteiger partial charge is 0.476 e. The molecule has 11 nitrogen and oxygen atoms in total. The predicted molar refractivity (Wildman–Crippen MR) is 124 cm³/mol. The van der Waals surface area contributed by atoms with Crippen molar-refractivity contribution in [3.8, 4) is 5.75 Å². The Labute approximate surface area is 194 Å². The third-order valence-corrected chi connectivity index (χ3v) is 6.54. The number of fused-ring (bicyclic) bond motifs is 2. The van der Waals surface area contributed by atoms with E-state index in [9.17, 15) is 19.2 Å². The van der Waals surface area contributed by atoms with E-state index in [-0.39, 0.29) is 36.1 Å². The average molecular weight is 466 g/mol. The number of piperidine rings is 1. The minimum atomic E-state index is -0.801. The van der Waals surface area contributed by atoms with Crippen LogP contribution >= 0.6 is 0 Å². The Morgan fingerprint density at radius 3 is 2.56 bits per heavy atom. The van der Waals surface area contributed by atoms with Crippen molar-refractivity contribution in [2.75, 3.05) is 24.5 Å². The molecule has 2 aliphatic heterocycles. The number of hydrogen-bond acceptors (Lipinski definition) is 6. The van der Waals surface area contributed by atoms with Crippen LogP contribution in [0.3, 0.4) is 0 Å². The summed E-state index contributed by atoms with van der Waals surface area (Å²) in [5.74, 6) is 0.0256. The first kappa shape index (κ1) is 21.9. The second kappa shape index (κ2) is 8.47. The Kier molecular flexibility index (Phi) is 5.46. The number of ether oxygens (including phenoxy) is 1. The van der Waals surface area contributed by atoms with Crippen molar-refractivity contribution in [1.82, 2.24) is 23.6 Å². The minimum Gasteiger partial charge on any atom is -0.476 e. The van der Waals surface area contributed by atoms with Crippen molar-refractivity contribution in [2.24, 2.45) is 14.1 Å². The Bertz CT molecular complexity index is 1400. The molecule has 178 valence electrons. The summed E-state index contributed by atoms with van der Waals surface area (Å²) in [6.07, 6.45) is 3.61. The molecule has 0 N–H and O–H groups in total. The molecule has 0 spiro atoms. The van der Waals surface area contributed by atoms with Crippen LogP contribution in [0.5, 0.6) is 5.75 Å². The van der Waals surface area contributed by atoms with E-state index in [0.717, 1.165) is 23.8 Å². The zero-order chi connectivity index (χ0) is 24.0. The van der Waals surface area contributed by atoms with Gasteiger partial charge in [-0.25, -0.2) is 9.78 Å². The van der Waals surface area contributed by atoms with Crippen LogP contribution in [0.25, 0.3) is 11.2 Å². The highest BCUT2D eigenvalue weighted by molar-refractivity contribution is 5.97. The normalized spacial score (nSPS) is 18.0. The second-order valence-corrected chi connectivity index (χ2v) is 8.71. The van der Waals surface area contributed by atoms with Crippen molar-refractivity contribution in [1.29, 1.82) is 0 Å². The molecule has 2 aromatic heterocycles. The number of hydrogen-bond donors (Lipinski definition) is 0. The van der Waals surface area contributed by atoms with Gasteiger partial charge in [-0.2, -0.15) is 0 Å². The molecule has 2 amide bonds. The van der Waals surface area contributed by atoms with E-state index >= 15 is 0 Å². The molecular formula is C23H26N6O5. The summed E-state index contributed by atoms with van der Waals surface area (Å²) in [4.78, 5) is 59.1. The van der Waals surface area contributed by atoms with Gasteiger partial charge in [-0.15, -0.1) is 0 Å². The molecule has 11 heteroatoms. The Hall–Kier alpha value is -3.89. The molecule has 3 aromatic rings. The van der Waals surface area contributed by atoms with Crippen LogP contribution in [-0.4, -0.2) is 61.1 Å². The molecule has 5 rings (SSSR count). The number of aromatic nitrogens is 4. The maximum Gasteiger partial charge on any atom is 0.332 e. The Morgan fingerprint density at radius 1 is 1.06 bits per heavy atom. The van der Waals surface area contributed by atoms with Gasteiger partial charge in [0.15, 0.2) is 17.3 Å². The number of benzene rings is 1. The van der Waals surface area contributed by atoms with Crippen LogP contribution < -0.4 is 20.9 Å². The van der Waals surface area contributed by atoms with Gasteiger partial charge in [-0.3, -0.25) is 23.5 Å². The molecule has 1 saturated heterocycles. The van der Waals surface area contributed by atoms with E-state index in [1.807, 2.05) is 0 Å². The van der Waals surface area contributed by atoms with Gasteiger partial charge < -0.3 is 19.1 Å². The molecule has 0 radical (unpaired) electrons. The first-order valence-electron chi connectivity index (χ1n) is 11.3. The second-order valence-electron chi connectivity index (χ2n) is 8.71. The highest BCUT2D eigenvalue weighted by atomic mass is 16.5. The van der Waals surface area contributed by atoms with Crippen molar-refractivity contribution < 1.29 is 14.3 Å². The monoisotopic (exact) mass is 466 g/mol. The first-order valence-corrected chi connectivity index (χ1v) is 11.3. The number of carbonyl (C=O) groups is 2. The van der Waals surface area contributed by atoms with Gasteiger partial charge in [0, 0.05) is 27.2 Å². The third kappa shape index (κ3) is 3.57. The van der Waals surface area contributed by atoms with Crippen molar-refractivity contribution in [2.45, 2.75) is 31.9 Å². The lowest BCUT2D eigenvalue weighted by atomic mass is 10.1. The lowest BCUT2D eigenvalue weighted by Crippen LogP contribution is -2.53. The van der Waals surface area contributed by atoms with Gasteiger partial charge in [-0.1, -0.05) is 12.1 Å². The zero-order valence-corrected chi connectivity index (χ0v) is 19.1. The van der Waals surface area contributed by atoms with E-state index in [0.29, 0.717) is 24.5 Å². The summed E-state index contributed by atoms with van der Waals surface area (Å²) in [6, 6.07) is 7.10. The van der Waals surface area contributed by atoms with Gasteiger partial charge in [0.25, 0.3) is 11.5 Å². The van der Waals surface area contributed by atoms with E-state index in [2.05, 4.69) is 4.98 Å². The average Bonchev–Trinajstić information content (AvgIpc) is 3.29. The molecule has 0 saturated carbocycles. The Morgan fingerprint density at radius 2 is 1.79 bits per heavy atom. The summed E-state index contributed by atoms with van der Waals surface area (Å²) in [7, 11) is 2.91. The lowest BCUT2D eigenvalue weighted by Gasteiger charge is -2.37. The lowest BCUT2D eigenvalue weighted by molar-refractivity contribution is -0.139. The van der Waals surface area contributed by atoms with Crippen LogP contribution in [0.15, 0.2) is 40.2 Å². The van der Waals surface area contributed by atoms with Crippen molar-refractivity contribution >= 4 is 28.7 Å². The number of nitrogens with zero attached hydrogens (tertiary/aromatic N) is 6. The van der Waals surface area contributed by atoms with Crippen LogP contribution in [-0.2, 0) is 30.2 Å². The van der Waals surface area contributed by atoms with Crippen molar-refractivity contribution in [3.05, 3.63) is 51.4 Å². The standard InChI is InChI=1S/C23H26N6O5/c1-25-20-19(22(32)26(2)23(25)33)28(14-24-20)13-18(30)29-12-17(21(31)27-10-6-3-7-11-27)34-16-9-5-4-8-15(16)29/h4-5,8-9,14,17H,3,6-7,10-13H2,1-2H3. The summed E-state index contributed by atoms with van der Waals surface area (Å²) in [5, 5.41) is 0. The molecule has 1 aromatic carbocycles. The minimum absolute atomic E-state index is 0.0777. The van der Waals surface area contributed by atoms with Crippen LogP contribution in [0.2, 0.25) is 0 Å². The molecule has 4 heterocycles. The maximum absolute atomic E-state index is 13.5. The van der Waals surface area contributed by atoms with E-state index in [4.69, 9.17) is 4.74 Å². The molecule has 0 bridgehead atoms. The Balaban J connectivity index is 1.47. The molecular weight excluding hydrogens is 440 g/mol. The molecule has 0 aliphatic carbocycles. The van der Waals surface area contributed by atoms with Gasteiger partial charge in [0.1, 0.15) is 12.3 Å². The quantitative estimate of drug-likeness (QED) is 0.547. The van der Waals surface area contributed by atoms with E-state index in [1.165, 1.54) is 34.5 Å². The molecule has 2 aliphatic rings. The smallest absolute Gasteiger partial charge is 0.332 e. The number of carbonyl (C=O) groups excluding carboxylic acids is 2. The predicted octanol–water partition coefficient (Wildman–Crippen LogP) is 0.240. The first-order chi connectivity index (χ1) is 16.4. The van der Waals surface area contributed by atoms with Crippen LogP contribution in [0.4, 0.5) is 5.69 Å². The number of imidazole rings is 1. The fourth-order valence-corrected chi connectivity index (χ4v) is 4.67. The van der Waals surface area contributed by atoms with Gasteiger partial charge in [-0.05, 0) is 31.4 Å². The number of aryl methyl sites for hydroxylation is 1. The van der Waals surface area contributed by atoms with Gasteiger partial charge in [0.05, 0.1) is 18.6 Å². The number of likely N-dealkylation sites (tertiary alicyclic amines) is 1. The van der Waals surface area contributed by atoms with Gasteiger partial charge in [0.2, 0.25) is 5.91 Å². The maximum atomic E-state index is 13.5. The van der Waals surface area contributed by atoms with Crippen LogP contribution in [0, 0.1) is 0 Å². The van der Waals surface area contributed by atoms with Crippen molar-refractivity contribution in [3.63, 3.8) is 0 Å². The number of para-hydroxylation sites is 2. The number of amides is 2. The highest BCUT2D eigenvalue weighted by Crippen LogP contribution is 2.34. The zero-order valence-electron chi connectivity index (χ0n) is 19.1. The summed E-state index contributed by atoms with van der Waals surface area (Å²) >= 11 is 0. The number of rotatable bonds is 3. The van der Waals surface area contributed by atoms with Crippen LogP contribution in [0.1, 0.15) is 19.3 Å². The molecule has 34 heavy (non-hydrogen) atoms. The molecule has 1 unspecified atom stereocenters. The van der Waals surface area contributed by atoms with E-state index < -0.39 is 17.4 Å². The third-order valence-electron chi connectivity index (χ3n) is 6.54. The summed E-state index contributed by atoms with van der Waals surface area (Å²) in [5.41, 5.74) is -0.0685. The fourth-order valence-electron chi connectivity index (χ4n) is 4.67. The van der Waals surface area contributed by atoms with Gasteiger partial charge >= 0.3 is 5.69 Å². The molecule has 1 atom stereocenters. The molecule has 1 fully saturated rings. The highest BCUT2D eigenvalue weighted by Gasteiger charge is 2.36. The SMILES string of the molecule is Cn1c(=O)c2c(ncn2CC(=O)N2CC(C(=O)N3CCCCC3)Oc3ccccc32)n(C)c1=O. The fraction of sp³-hybridized carbons (Fsp3) is 0.435. The summed E-state index contributed by atoms with van der Waals surface area (Å²) < 4.78 is 9.71.